The minimum absolute atomic E-state index is 0.195. The molecule has 1 aromatic carbocycles. The number of nitrogens with zero attached hydrogens (tertiary/aromatic N) is 1. The molecule has 0 bridgehead atoms. The number of halogens is 1. The lowest BCUT2D eigenvalue weighted by Crippen LogP contribution is -2.55. The topological polar surface area (TPSA) is 66.5 Å². The second-order valence-corrected chi connectivity index (χ2v) is 10.2. The number of sulfone groups is 1. The van der Waals surface area contributed by atoms with Crippen LogP contribution >= 0.6 is 11.6 Å². The lowest BCUT2D eigenvalue weighted by molar-refractivity contribution is -0.135. The second-order valence-electron chi connectivity index (χ2n) is 7.48. The van der Waals surface area contributed by atoms with E-state index >= 15 is 0 Å². The van der Waals surface area contributed by atoms with E-state index in [9.17, 15) is 13.2 Å². The Labute approximate surface area is 161 Å². The molecule has 1 heterocycles. The van der Waals surface area contributed by atoms with Gasteiger partial charge in [0.25, 0.3) is 0 Å². The van der Waals surface area contributed by atoms with Gasteiger partial charge < -0.3 is 10.2 Å². The van der Waals surface area contributed by atoms with Gasteiger partial charge in [-0.2, -0.15) is 0 Å². The molecule has 144 valence electrons. The summed E-state index contributed by atoms with van der Waals surface area (Å²) < 4.78 is 25.6. The minimum atomic E-state index is -3.76. The van der Waals surface area contributed by atoms with Crippen LogP contribution in [0.1, 0.15) is 38.5 Å². The Balaban J connectivity index is 1.92. The Morgan fingerprint density at radius 3 is 2.50 bits per heavy atom. The van der Waals surface area contributed by atoms with Gasteiger partial charge in [-0.3, -0.25) is 4.79 Å². The maximum absolute atomic E-state index is 13.5. The highest BCUT2D eigenvalue weighted by Crippen LogP contribution is 2.42. The minimum Gasteiger partial charge on any atom is -0.341 e. The van der Waals surface area contributed by atoms with Crippen molar-refractivity contribution in [3.05, 3.63) is 29.3 Å². The highest BCUT2D eigenvalue weighted by atomic mass is 35.5. The average molecular weight is 399 g/mol. The molecule has 2 aliphatic rings. The molecule has 1 amide bonds. The molecule has 1 saturated heterocycles. The van der Waals surface area contributed by atoms with E-state index in [0.717, 1.165) is 32.2 Å². The van der Waals surface area contributed by atoms with Crippen LogP contribution in [0.2, 0.25) is 5.02 Å². The molecule has 0 radical (unpaired) electrons. The first-order valence-electron chi connectivity index (χ1n) is 9.35. The van der Waals surface area contributed by atoms with Gasteiger partial charge in [0, 0.05) is 18.1 Å². The SMILES string of the molecule is CNC[C@H]1CCCN(C(=O)C2(S(=O)(=O)c3ccc(Cl)cc3)CCCC2)C1. The third-order valence-electron chi connectivity index (χ3n) is 5.74. The lowest BCUT2D eigenvalue weighted by Gasteiger charge is -2.38. The smallest absolute Gasteiger partial charge is 0.244 e. The zero-order valence-corrected chi connectivity index (χ0v) is 16.8. The molecule has 1 atom stereocenters. The summed E-state index contributed by atoms with van der Waals surface area (Å²) in [7, 11) is -1.85. The van der Waals surface area contributed by atoms with Crippen molar-refractivity contribution in [1.29, 1.82) is 0 Å². The predicted molar refractivity (Wildman–Crippen MR) is 103 cm³/mol. The third-order valence-corrected chi connectivity index (χ3v) is 8.49. The standard InChI is InChI=1S/C19H27ClN2O3S/c1-21-13-15-5-4-12-22(14-15)18(23)19(10-2-3-11-19)26(24,25)17-8-6-16(20)7-9-17/h6-9,15,21H,2-5,10-14H2,1H3/t15-/m1/s1. The van der Waals surface area contributed by atoms with E-state index in [1.807, 2.05) is 7.05 Å². The van der Waals surface area contributed by atoms with Crippen LogP contribution < -0.4 is 5.32 Å². The highest BCUT2D eigenvalue weighted by molar-refractivity contribution is 7.93. The van der Waals surface area contributed by atoms with Gasteiger partial charge >= 0.3 is 0 Å². The van der Waals surface area contributed by atoms with E-state index in [2.05, 4.69) is 5.32 Å². The zero-order chi connectivity index (χ0) is 18.8. The molecule has 2 fully saturated rings. The molecular weight excluding hydrogens is 372 g/mol. The lowest BCUT2D eigenvalue weighted by atomic mass is 9.95. The van der Waals surface area contributed by atoms with Crippen molar-refractivity contribution in [2.75, 3.05) is 26.7 Å². The summed E-state index contributed by atoms with van der Waals surface area (Å²) in [5.74, 6) is 0.181. The van der Waals surface area contributed by atoms with Crippen molar-refractivity contribution >= 4 is 27.3 Å². The van der Waals surface area contributed by atoms with Crippen molar-refractivity contribution in [3.8, 4) is 0 Å². The number of amides is 1. The molecule has 0 unspecified atom stereocenters. The zero-order valence-electron chi connectivity index (χ0n) is 15.2. The molecular formula is C19H27ClN2O3S. The number of rotatable bonds is 5. The largest absolute Gasteiger partial charge is 0.341 e. The van der Waals surface area contributed by atoms with Gasteiger partial charge in [-0.15, -0.1) is 0 Å². The summed E-state index contributed by atoms with van der Waals surface area (Å²) in [5, 5.41) is 3.66. The Morgan fingerprint density at radius 2 is 1.88 bits per heavy atom. The fourth-order valence-electron chi connectivity index (χ4n) is 4.38. The van der Waals surface area contributed by atoms with Crippen LogP contribution in [-0.4, -0.2) is 50.7 Å². The van der Waals surface area contributed by atoms with Gasteiger partial charge in [0.1, 0.15) is 0 Å². The number of piperidine rings is 1. The predicted octanol–water partition coefficient (Wildman–Crippen LogP) is 2.88. The monoisotopic (exact) mass is 398 g/mol. The number of carbonyl (C=O) groups excluding carboxylic acids is 1. The molecule has 7 heteroatoms. The summed E-state index contributed by atoms with van der Waals surface area (Å²) in [4.78, 5) is 15.5. The molecule has 5 nitrogen and oxygen atoms in total. The van der Waals surface area contributed by atoms with Crippen LogP contribution in [0.25, 0.3) is 0 Å². The second kappa shape index (κ2) is 7.87. The molecule has 1 aliphatic carbocycles. The Morgan fingerprint density at radius 1 is 1.23 bits per heavy atom. The first kappa shape index (κ1) is 19.6. The van der Waals surface area contributed by atoms with E-state index in [1.54, 1.807) is 17.0 Å². The molecule has 1 N–H and O–H groups in total. The van der Waals surface area contributed by atoms with Crippen LogP contribution in [0.15, 0.2) is 29.2 Å². The van der Waals surface area contributed by atoms with Crippen LogP contribution in [0, 0.1) is 5.92 Å². The fraction of sp³-hybridized carbons (Fsp3) is 0.632. The van der Waals surface area contributed by atoms with Gasteiger partial charge in [-0.1, -0.05) is 24.4 Å². The Kier molecular flexibility index (Phi) is 5.94. The van der Waals surface area contributed by atoms with Crippen LogP contribution in [0.3, 0.4) is 0 Å². The van der Waals surface area contributed by atoms with Gasteiger partial charge in [-0.05, 0) is 69.5 Å². The Bertz CT molecular complexity index is 741. The molecule has 0 aromatic heterocycles. The maximum atomic E-state index is 13.5. The summed E-state index contributed by atoms with van der Waals surface area (Å²) >= 11 is 5.91. The van der Waals surface area contributed by atoms with Crippen molar-refractivity contribution in [2.24, 2.45) is 5.92 Å². The molecule has 1 aliphatic heterocycles. The number of benzene rings is 1. The average Bonchev–Trinajstić information content (AvgIpc) is 3.14. The third kappa shape index (κ3) is 3.51. The molecule has 1 saturated carbocycles. The van der Waals surface area contributed by atoms with E-state index in [0.29, 0.717) is 36.9 Å². The van der Waals surface area contributed by atoms with Crippen molar-refractivity contribution < 1.29 is 13.2 Å². The van der Waals surface area contributed by atoms with E-state index in [4.69, 9.17) is 11.6 Å². The van der Waals surface area contributed by atoms with Crippen LogP contribution in [0.5, 0.6) is 0 Å². The number of hydrogen-bond acceptors (Lipinski definition) is 4. The van der Waals surface area contributed by atoms with E-state index in [1.165, 1.54) is 12.1 Å². The summed E-state index contributed by atoms with van der Waals surface area (Å²) in [6, 6.07) is 6.19. The van der Waals surface area contributed by atoms with Gasteiger partial charge in [0.05, 0.1) is 4.90 Å². The van der Waals surface area contributed by atoms with E-state index < -0.39 is 14.6 Å². The first-order chi connectivity index (χ1) is 12.4. The maximum Gasteiger partial charge on any atom is 0.244 e. The highest BCUT2D eigenvalue weighted by Gasteiger charge is 2.54. The molecule has 0 spiro atoms. The van der Waals surface area contributed by atoms with Gasteiger partial charge in [0.2, 0.25) is 5.91 Å². The van der Waals surface area contributed by atoms with Gasteiger partial charge in [0.15, 0.2) is 14.6 Å². The van der Waals surface area contributed by atoms with Crippen LogP contribution in [0.4, 0.5) is 0 Å². The fourth-order valence-corrected chi connectivity index (χ4v) is 6.63. The number of carbonyl (C=O) groups is 1. The number of likely N-dealkylation sites (tertiary alicyclic amines) is 1. The summed E-state index contributed by atoms with van der Waals surface area (Å²) in [6.45, 7) is 2.13. The molecule has 26 heavy (non-hydrogen) atoms. The number of nitrogens with one attached hydrogen (secondary N) is 1. The van der Waals surface area contributed by atoms with Crippen molar-refractivity contribution in [3.63, 3.8) is 0 Å². The number of hydrogen-bond donors (Lipinski definition) is 1. The Hall–Kier alpha value is -1.11. The van der Waals surface area contributed by atoms with E-state index in [-0.39, 0.29) is 10.8 Å². The van der Waals surface area contributed by atoms with Crippen molar-refractivity contribution in [2.45, 2.75) is 48.2 Å². The summed E-state index contributed by atoms with van der Waals surface area (Å²) in [6.07, 6.45) is 4.35. The summed E-state index contributed by atoms with van der Waals surface area (Å²) in [5.41, 5.74) is 0. The van der Waals surface area contributed by atoms with Crippen molar-refractivity contribution in [1.82, 2.24) is 10.2 Å². The van der Waals surface area contributed by atoms with Crippen LogP contribution in [-0.2, 0) is 14.6 Å². The molecule has 3 rings (SSSR count). The normalized spacial score (nSPS) is 23.2. The van der Waals surface area contributed by atoms with Gasteiger partial charge in [-0.25, -0.2) is 8.42 Å². The quantitative estimate of drug-likeness (QED) is 0.828. The molecule has 1 aromatic rings. The first-order valence-corrected chi connectivity index (χ1v) is 11.2.